The van der Waals surface area contributed by atoms with E-state index in [1.54, 1.807) is 12.4 Å². The molecular formula is C12H18N2O2S. The zero-order valence-electron chi connectivity index (χ0n) is 10.3. The SMILES string of the molecule is CCOC(=O)c1ncsc1NCC1(C)CCC1. The Hall–Kier alpha value is -1.10. The third kappa shape index (κ3) is 2.77. The number of ether oxygens (including phenoxy) is 1. The minimum atomic E-state index is -0.338. The summed E-state index contributed by atoms with van der Waals surface area (Å²) in [7, 11) is 0. The molecule has 2 rings (SSSR count). The summed E-state index contributed by atoms with van der Waals surface area (Å²) >= 11 is 1.46. The van der Waals surface area contributed by atoms with Crippen molar-refractivity contribution in [3.05, 3.63) is 11.2 Å². The van der Waals surface area contributed by atoms with E-state index in [1.807, 2.05) is 0 Å². The molecule has 1 aliphatic rings. The first-order chi connectivity index (χ1) is 8.14. The Morgan fingerprint density at radius 3 is 3.00 bits per heavy atom. The van der Waals surface area contributed by atoms with Gasteiger partial charge in [-0.2, -0.15) is 0 Å². The van der Waals surface area contributed by atoms with Crippen molar-refractivity contribution in [1.82, 2.24) is 4.98 Å². The molecule has 0 aromatic carbocycles. The standard InChI is InChI=1S/C12H18N2O2S/c1-3-16-11(15)9-10(17-8-14-9)13-7-12(2)5-4-6-12/h8,13H,3-7H2,1-2H3. The Labute approximate surface area is 105 Å². The summed E-state index contributed by atoms with van der Waals surface area (Å²) in [6.07, 6.45) is 3.83. The first-order valence-corrected chi connectivity index (χ1v) is 6.87. The van der Waals surface area contributed by atoms with Crippen LogP contribution in [0.25, 0.3) is 0 Å². The minimum absolute atomic E-state index is 0.338. The summed E-state index contributed by atoms with van der Waals surface area (Å²) < 4.78 is 4.96. The van der Waals surface area contributed by atoms with Gasteiger partial charge >= 0.3 is 5.97 Å². The predicted octanol–water partition coefficient (Wildman–Crippen LogP) is 2.92. The second-order valence-corrected chi connectivity index (χ2v) is 5.62. The molecule has 1 aromatic heterocycles. The summed E-state index contributed by atoms with van der Waals surface area (Å²) in [6, 6.07) is 0. The first kappa shape index (κ1) is 12.4. The van der Waals surface area contributed by atoms with Crippen LogP contribution in [0.5, 0.6) is 0 Å². The fraction of sp³-hybridized carbons (Fsp3) is 0.667. The molecule has 94 valence electrons. The van der Waals surface area contributed by atoms with Crippen LogP contribution < -0.4 is 5.32 Å². The zero-order chi connectivity index (χ0) is 12.3. The predicted molar refractivity (Wildman–Crippen MR) is 68.5 cm³/mol. The lowest BCUT2D eigenvalue weighted by atomic mass is 9.70. The average molecular weight is 254 g/mol. The third-order valence-electron chi connectivity index (χ3n) is 3.27. The largest absolute Gasteiger partial charge is 0.461 e. The molecule has 1 aliphatic carbocycles. The van der Waals surface area contributed by atoms with Gasteiger partial charge in [-0.1, -0.05) is 13.3 Å². The fourth-order valence-corrected chi connectivity index (χ4v) is 2.63. The lowest BCUT2D eigenvalue weighted by Crippen LogP contribution is -2.33. The number of carbonyl (C=O) groups is 1. The van der Waals surface area contributed by atoms with Gasteiger partial charge in [-0.3, -0.25) is 0 Å². The van der Waals surface area contributed by atoms with Crippen LogP contribution in [0.15, 0.2) is 5.51 Å². The van der Waals surface area contributed by atoms with E-state index in [9.17, 15) is 4.79 Å². The van der Waals surface area contributed by atoms with Gasteiger partial charge in [0, 0.05) is 6.54 Å². The van der Waals surface area contributed by atoms with E-state index in [0.29, 0.717) is 17.7 Å². The number of esters is 1. The monoisotopic (exact) mass is 254 g/mol. The molecule has 1 saturated carbocycles. The number of nitrogens with one attached hydrogen (secondary N) is 1. The molecule has 0 atom stereocenters. The zero-order valence-corrected chi connectivity index (χ0v) is 11.1. The summed E-state index contributed by atoms with van der Waals surface area (Å²) in [5.74, 6) is -0.338. The number of thiazole rings is 1. The van der Waals surface area contributed by atoms with Crippen molar-refractivity contribution < 1.29 is 9.53 Å². The van der Waals surface area contributed by atoms with Gasteiger partial charge < -0.3 is 10.1 Å². The molecular weight excluding hydrogens is 236 g/mol. The molecule has 1 heterocycles. The summed E-state index contributed by atoms with van der Waals surface area (Å²) in [5.41, 5.74) is 2.48. The molecule has 0 spiro atoms. The Morgan fingerprint density at radius 2 is 2.41 bits per heavy atom. The highest BCUT2D eigenvalue weighted by Gasteiger charge is 2.32. The van der Waals surface area contributed by atoms with Crippen molar-refractivity contribution in [3.8, 4) is 0 Å². The minimum Gasteiger partial charge on any atom is -0.461 e. The Balaban J connectivity index is 1.96. The van der Waals surface area contributed by atoms with E-state index < -0.39 is 0 Å². The molecule has 17 heavy (non-hydrogen) atoms. The number of hydrogen-bond acceptors (Lipinski definition) is 5. The molecule has 0 aliphatic heterocycles. The molecule has 1 fully saturated rings. The van der Waals surface area contributed by atoms with Gasteiger partial charge in [-0.15, -0.1) is 11.3 Å². The summed E-state index contributed by atoms with van der Waals surface area (Å²) in [6.45, 7) is 5.36. The van der Waals surface area contributed by atoms with Crippen molar-refractivity contribution >= 4 is 22.3 Å². The van der Waals surface area contributed by atoms with Crippen molar-refractivity contribution in [1.29, 1.82) is 0 Å². The quantitative estimate of drug-likeness (QED) is 0.821. The number of hydrogen-bond donors (Lipinski definition) is 1. The van der Waals surface area contributed by atoms with Crippen LogP contribution in [0.4, 0.5) is 5.00 Å². The molecule has 1 aromatic rings. The lowest BCUT2D eigenvalue weighted by molar-refractivity contribution is 0.0521. The van der Waals surface area contributed by atoms with Gasteiger partial charge in [0.05, 0.1) is 12.1 Å². The van der Waals surface area contributed by atoms with Crippen LogP contribution in [0.1, 0.15) is 43.6 Å². The Kier molecular flexibility index (Phi) is 3.66. The topological polar surface area (TPSA) is 51.2 Å². The number of rotatable bonds is 5. The molecule has 0 bridgehead atoms. The van der Waals surface area contributed by atoms with E-state index in [4.69, 9.17) is 4.74 Å². The molecule has 0 radical (unpaired) electrons. The first-order valence-electron chi connectivity index (χ1n) is 5.99. The molecule has 0 unspecified atom stereocenters. The van der Waals surface area contributed by atoms with Crippen molar-refractivity contribution in [2.75, 3.05) is 18.5 Å². The highest BCUT2D eigenvalue weighted by molar-refractivity contribution is 7.14. The van der Waals surface area contributed by atoms with E-state index in [0.717, 1.165) is 11.5 Å². The molecule has 1 N–H and O–H groups in total. The van der Waals surface area contributed by atoms with E-state index >= 15 is 0 Å². The van der Waals surface area contributed by atoms with Gasteiger partial charge in [0.25, 0.3) is 0 Å². The van der Waals surface area contributed by atoms with E-state index in [-0.39, 0.29) is 5.97 Å². The van der Waals surface area contributed by atoms with E-state index in [1.165, 1.54) is 30.6 Å². The normalized spacial score (nSPS) is 17.3. The average Bonchev–Trinajstić information content (AvgIpc) is 2.72. The highest BCUT2D eigenvalue weighted by Crippen LogP contribution is 2.40. The number of aromatic nitrogens is 1. The Morgan fingerprint density at radius 1 is 1.65 bits per heavy atom. The summed E-state index contributed by atoms with van der Waals surface area (Å²) in [4.78, 5) is 15.7. The molecule has 0 saturated heterocycles. The van der Waals surface area contributed by atoms with Crippen LogP contribution in [0.2, 0.25) is 0 Å². The maximum atomic E-state index is 11.6. The number of carbonyl (C=O) groups excluding carboxylic acids is 1. The van der Waals surface area contributed by atoms with Gasteiger partial charge in [0.1, 0.15) is 5.00 Å². The van der Waals surface area contributed by atoms with Crippen LogP contribution in [0.3, 0.4) is 0 Å². The maximum absolute atomic E-state index is 11.6. The van der Waals surface area contributed by atoms with E-state index in [2.05, 4.69) is 17.2 Å². The van der Waals surface area contributed by atoms with Crippen LogP contribution in [-0.4, -0.2) is 24.1 Å². The van der Waals surface area contributed by atoms with Crippen LogP contribution >= 0.6 is 11.3 Å². The fourth-order valence-electron chi connectivity index (χ4n) is 1.97. The Bertz CT molecular complexity index is 399. The third-order valence-corrected chi connectivity index (χ3v) is 4.06. The lowest BCUT2D eigenvalue weighted by Gasteiger charge is -2.38. The van der Waals surface area contributed by atoms with Gasteiger partial charge in [0.2, 0.25) is 0 Å². The molecule has 0 amide bonds. The smallest absolute Gasteiger partial charge is 0.360 e. The van der Waals surface area contributed by atoms with Crippen LogP contribution in [0, 0.1) is 5.41 Å². The van der Waals surface area contributed by atoms with Crippen molar-refractivity contribution in [2.24, 2.45) is 5.41 Å². The van der Waals surface area contributed by atoms with Gasteiger partial charge in [-0.25, -0.2) is 9.78 Å². The number of anilines is 1. The second-order valence-electron chi connectivity index (χ2n) is 4.77. The summed E-state index contributed by atoms with van der Waals surface area (Å²) in [5, 5.41) is 4.16. The van der Waals surface area contributed by atoms with Crippen molar-refractivity contribution in [2.45, 2.75) is 33.1 Å². The highest BCUT2D eigenvalue weighted by atomic mass is 32.1. The molecule has 5 heteroatoms. The van der Waals surface area contributed by atoms with Crippen LogP contribution in [-0.2, 0) is 4.74 Å². The molecule has 4 nitrogen and oxygen atoms in total. The number of nitrogens with zero attached hydrogens (tertiary/aromatic N) is 1. The van der Waals surface area contributed by atoms with Crippen molar-refractivity contribution in [3.63, 3.8) is 0 Å². The second kappa shape index (κ2) is 5.04. The van der Waals surface area contributed by atoms with Gasteiger partial charge in [-0.05, 0) is 25.2 Å². The maximum Gasteiger partial charge on any atom is 0.360 e. The van der Waals surface area contributed by atoms with Gasteiger partial charge in [0.15, 0.2) is 5.69 Å².